The normalized spacial score (nSPS) is 18.4. The van der Waals surface area contributed by atoms with Crippen LogP contribution in [0.5, 0.6) is 5.88 Å². The van der Waals surface area contributed by atoms with Gasteiger partial charge in [0.2, 0.25) is 6.23 Å². The highest BCUT2D eigenvalue weighted by Crippen LogP contribution is 2.33. The van der Waals surface area contributed by atoms with Crippen molar-refractivity contribution in [3.63, 3.8) is 0 Å². The minimum absolute atomic E-state index is 0.0508. The Bertz CT molecular complexity index is 810. The van der Waals surface area contributed by atoms with Crippen molar-refractivity contribution < 1.29 is 18.8 Å². The zero-order valence-corrected chi connectivity index (χ0v) is 26.0. The van der Waals surface area contributed by atoms with Crippen molar-refractivity contribution in [2.24, 2.45) is 5.92 Å². The molecule has 0 saturated carbocycles. The van der Waals surface area contributed by atoms with Crippen molar-refractivity contribution >= 4 is 23.3 Å². The molecule has 0 spiro atoms. The highest BCUT2D eigenvalue weighted by atomic mass is 32.1. The van der Waals surface area contributed by atoms with Crippen molar-refractivity contribution in [3.8, 4) is 5.88 Å². The molecule has 0 bridgehead atoms. The second kappa shape index (κ2) is 18.8. The van der Waals surface area contributed by atoms with Gasteiger partial charge in [-0.1, -0.05) is 111 Å². The number of hydrogen-bond acceptors (Lipinski definition) is 6. The van der Waals surface area contributed by atoms with Gasteiger partial charge in [0.05, 0.1) is 31.9 Å². The number of hydrogen-bond donors (Lipinski definition) is 0. The van der Waals surface area contributed by atoms with Gasteiger partial charge < -0.3 is 9.47 Å². The Balaban J connectivity index is 1.81. The fraction of sp³-hybridized carbons (Fsp3) is 0.839. The molecule has 7 heteroatoms. The van der Waals surface area contributed by atoms with E-state index in [2.05, 4.69) is 49.6 Å². The van der Waals surface area contributed by atoms with Crippen molar-refractivity contribution in [2.75, 3.05) is 26.7 Å². The highest BCUT2D eigenvalue weighted by molar-refractivity contribution is 6.99. The quantitative estimate of drug-likeness (QED) is 0.0871. The van der Waals surface area contributed by atoms with Gasteiger partial charge in [-0.05, 0) is 12.8 Å². The summed E-state index contributed by atoms with van der Waals surface area (Å²) in [5.41, 5.74) is 2.03. The molecular formula is C31H56N3O3S+. The number of unbranched alkanes of at least 4 members (excludes halogenated alkanes) is 12. The van der Waals surface area contributed by atoms with Crippen molar-refractivity contribution in [3.05, 3.63) is 11.8 Å². The molecule has 0 aliphatic carbocycles. The van der Waals surface area contributed by atoms with Gasteiger partial charge in [-0.15, -0.1) is 4.37 Å². The lowest BCUT2D eigenvalue weighted by atomic mass is 10.0. The third kappa shape index (κ3) is 11.7. The molecule has 1 aliphatic rings. The molecular weight excluding hydrogens is 494 g/mol. The molecule has 0 aromatic carbocycles. The van der Waals surface area contributed by atoms with E-state index in [-0.39, 0.29) is 18.1 Å². The molecule has 2 atom stereocenters. The summed E-state index contributed by atoms with van der Waals surface area (Å²) in [7, 11) is 2.22. The number of carbonyl (C=O) groups excluding carboxylic acids is 1. The van der Waals surface area contributed by atoms with Crippen LogP contribution in [0.2, 0.25) is 0 Å². The van der Waals surface area contributed by atoms with Gasteiger partial charge in [-0.25, -0.2) is 0 Å². The van der Waals surface area contributed by atoms with Crippen LogP contribution in [0.15, 0.2) is 6.08 Å². The van der Waals surface area contributed by atoms with E-state index in [1.165, 1.54) is 82.4 Å². The van der Waals surface area contributed by atoms with E-state index in [4.69, 9.17) is 9.47 Å². The predicted molar refractivity (Wildman–Crippen MR) is 159 cm³/mol. The second-order valence-corrected chi connectivity index (χ2v) is 12.3. The van der Waals surface area contributed by atoms with Crippen LogP contribution in [-0.4, -0.2) is 52.2 Å². The zero-order valence-electron chi connectivity index (χ0n) is 25.1. The summed E-state index contributed by atoms with van der Waals surface area (Å²) < 4.78 is 21.9. The first-order chi connectivity index (χ1) is 18.4. The number of aromatic nitrogens is 2. The van der Waals surface area contributed by atoms with Crippen LogP contribution in [0.3, 0.4) is 0 Å². The van der Waals surface area contributed by atoms with Crippen LogP contribution >= 0.6 is 11.7 Å². The summed E-state index contributed by atoms with van der Waals surface area (Å²) >= 11 is 1.22. The van der Waals surface area contributed by atoms with Crippen molar-refractivity contribution in [1.82, 2.24) is 8.75 Å². The maximum absolute atomic E-state index is 12.8. The van der Waals surface area contributed by atoms with E-state index in [0.29, 0.717) is 23.4 Å². The van der Waals surface area contributed by atoms with Crippen LogP contribution in [0.1, 0.15) is 136 Å². The van der Waals surface area contributed by atoms with Crippen molar-refractivity contribution in [2.45, 2.75) is 137 Å². The lowest BCUT2D eigenvalue weighted by Gasteiger charge is -2.44. The second-order valence-electron chi connectivity index (χ2n) is 11.8. The zero-order chi connectivity index (χ0) is 27.6. The number of likely N-dealkylation sites (N-methyl/N-ethyl adjacent to an activating group) is 1. The Labute approximate surface area is 237 Å². The Morgan fingerprint density at radius 3 is 2.16 bits per heavy atom. The Morgan fingerprint density at radius 2 is 1.53 bits per heavy atom. The van der Waals surface area contributed by atoms with E-state index in [0.717, 1.165) is 50.0 Å². The maximum atomic E-state index is 12.8. The molecule has 0 fully saturated rings. The van der Waals surface area contributed by atoms with Gasteiger partial charge in [-0.3, -0.25) is 9.28 Å². The summed E-state index contributed by atoms with van der Waals surface area (Å²) in [6.45, 7) is 11.2. The number of ether oxygens (including phenoxy) is 2. The summed E-state index contributed by atoms with van der Waals surface area (Å²) in [5, 5.41) is 0. The molecule has 0 radical (unpaired) electrons. The monoisotopic (exact) mass is 550 g/mol. The minimum atomic E-state index is -0.167. The number of esters is 1. The Hall–Kier alpha value is -1.47. The average molecular weight is 551 g/mol. The largest absolute Gasteiger partial charge is 0.475 e. The number of nitrogens with zero attached hydrogens (tertiary/aromatic N) is 3. The van der Waals surface area contributed by atoms with Gasteiger partial charge in [-0.2, -0.15) is 4.37 Å². The van der Waals surface area contributed by atoms with Gasteiger partial charge in [0.1, 0.15) is 12.2 Å². The predicted octanol–water partition coefficient (Wildman–Crippen LogP) is 8.57. The van der Waals surface area contributed by atoms with E-state index in [1.54, 1.807) is 0 Å². The fourth-order valence-electron chi connectivity index (χ4n) is 5.56. The molecule has 2 unspecified atom stereocenters. The van der Waals surface area contributed by atoms with Crippen LogP contribution in [0.25, 0.3) is 5.57 Å². The molecule has 2 rings (SSSR count). The molecule has 1 aliphatic heterocycles. The smallest absolute Gasteiger partial charge is 0.310 e. The van der Waals surface area contributed by atoms with Crippen molar-refractivity contribution in [1.29, 1.82) is 0 Å². The van der Waals surface area contributed by atoms with Crippen LogP contribution in [0.4, 0.5) is 0 Å². The number of carbonyl (C=O) groups is 1. The molecule has 6 nitrogen and oxygen atoms in total. The first-order valence-corrected chi connectivity index (χ1v) is 16.3. The lowest BCUT2D eigenvalue weighted by molar-refractivity contribution is -0.950. The minimum Gasteiger partial charge on any atom is -0.475 e. The topological polar surface area (TPSA) is 61.3 Å². The third-order valence-electron chi connectivity index (χ3n) is 7.73. The first kappa shape index (κ1) is 32.7. The summed E-state index contributed by atoms with van der Waals surface area (Å²) in [4.78, 5) is 12.8. The summed E-state index contributed by atoms with van der Waals surface area (Å²) in [6, 6.07) is 0. The van der Waals surface area contributed by atoms with E-state index in [9.17, 15) is 4.79 Å². The van der Waals surface area contributed by atoms with E-state index < -0.39 is 0 Å². The Morgan fingerprint density at radius 1 is 0.921 bits per heavy atom. The SMILES string of the molecule is CCCCCCCCCCCCC(=O)OC(C(C)C)[N+]1(C)CCC=C(c2nsnc2OCCCCCC)C1. The third-order valence-corrected chi connectivity index (χ3v) is 8.24. The van der Waals surface area contributed by atoms with Gasteiger partial charge in [0, 0.05) is 24.3 Å². The fourth-order valence-corrected chi connectivity index (χ4v) is 6.09. The molecule has 1 aromatic rings. The van der Waals surface area contributed by atoms with E-state index >= 15 is 0 Å². The highest BCUT2D eigenvalue weighted by Gasteiger charge is 2.41. The average Bonchev–Trinajstić information content (AvgIpc) is 3.36. The van der Waals surface area contributed by atoms with E-state index in [1.807, 2.05) is 0 Å². The number of quaternary nitrogens is 1. The molecule has 218 valence electrons. The maximum Gasteiger partial charge on any atom is 0.310 e. The molecule has 0 saturated heterocycles. The molecule has 0 N–H and O–H groups in total. The molecule has 0 amide bonds. The molecule has 38 heavy (non-hydrogen) atoms. The van der Waals surface area contributed by atoms with Crippen LogP contribution in [0, 0.1) is 5.92 Å². The van der Waals surface area contributed by atoms with Gasteiger partial charge in [0.15, 0.2) is 0 Å². The standard InChI is InChI=1S/C31H56N3O3S/c1-6-8-10-12-13-14-15-16-17-18-22-28(35)37-31(26(3)4)34(5)23-20-21-27(25-34)29-30(33-38-32-29)36-24-19-11-9-7-2/h21,26,31H,6-20,22-25H2,1-5H3/q+1. The van der Waals surface area contributed by atoms with Gasteiger partial charge >= 0.3 is 5.97 Å². The summed E-state index contributed by atoms with van der Waals surface area (Å²) in [5.74, 6) is 0.842. The summed E-state index contributed by atoms with van der Waals surface area (Å²) in [6.07, 6.45) is 20.9. The number of rotatable bonds is 21. The molecule has 1 aromatic heterocycles. The van der Waals surface area contributed by atoms with Crippen LogP contribution < -0.4 is 4.74 Å². The Kier molecular flexibility index (Phi) is 16.2. The van der Waals surface area contributed by atoms with Gasteiger partial charge in [0.25, 0.3) is 5.88 Å². The van der Waals surface area contributed by atoms with Crippen LogP contribution in [-0.2, 0) is 9.53 Å². The first-order valence-electron chi connectivity index (χ1n) is 15.6. The lowest BCUT2D eigenvalue weighted by Crippen LogP contribution is -2.58. The molecule has 2 heterocycles.